The summed E-state index contributed by atoms with van der Waals surface area (Å²) in [6.45, 7) is 3.93. The summed E-state index contributed by atoms with van der Waals surface area (Å²) in [6.07, 6.45) is -2.44. The van der Waals surface area contributed by atoms with Crippen LogP contribution in [0.2, 0.25) is 5.02 Å². The van der Waals surface area contributed by atoms with E-state index in [1.54, 1.807) is 10.9 Å². The topological polar surface area (TPSA) is 69.0 Å². The van der Waals surface area contributed by atoms with Gasteiger partial charge in [-0.05, 0) is 69.4 Å². The van der Waals surface area contributed by atoms with Gasteiger partial charge in [0.25, 0.3) is 0 Å². The molecule has 0 bridgehead atoms. The molecular weight excluding hydrogens is 565 g/mol. The Morgan fingerprint density at radius 2 is 1.64 bits per heavy atom. The van der Waals surface area contributed by atoms with Gasteiger partial charge in [0.2, 0.25) is 5.88 Å². The number of benzene rings is 2. The second kappa shape index (κ2) is 11.0. The average Bonchev–Trinajstić information content (AvgIpc) is 3.37. The van der Waals surface area contributed by atoms with Crippen molar-refractivity contribution in [3.63, 3.8) is 0 Å². The molecule has 0 aliphatic heterocycles. The van der Waals surface area contributed by atoms with E-state index >= 15 is 0 Å². The van der Waals surface area contributed by atoms with Crippen LogP contribution in [0.5, 0.6) is 5.88 Å². The van der Waals surface area contributed by atoms with Crippen LogP contribution in [0.25, 0.3) is 10.9 Å². The summed E-state index contributed by atoms with van der Waals surface area (Å²) >= 11 is 7.08. The molecule has 0 saturated carbocycles. The Hall–Kier alpha value is -4.02. The van der Waals surface area contributed by atoms with Gasteiger partial charge in [-0.1, -0.05) is 41.1 Å². The van der Waals surface area contributed by atoms with Crippen molar-refractivity contribution in [3.8, 4) is 5.88 Å². The molecule has 0 aliphatic carbocycles. The van der Waals surface area contributed by atoms with Crippen LogP contribution in [0.1, 0.15) is 44.9 Å². The lowest BCUT2D eigenvalue weighted by Crippen LogP contribution is -2.45. The van der Waals surface area contributed by atoms with E-state index in [-0.39, 0.29) is 6.42 Å². The molecule has 0 spiro atoms. The van der Waals surface area contributed by atoms with Gasteiger partial charge in [-0.2, -0.15) is 13.2 Å². The summed E-state index contributed by atoms with van der Waals surface area (Å²) in [6, 6.07) is 14.9. The van der Waals surface area contributed by atoms with E-state index in [2.05, 4.69) is 21.3 Å². The van der Waals surface area contributed by atoms with Gasteiger partial charge in [-0.3, -0.25) is 9.88 Å². The molecule has 1 unspecified atom stereocenters. The predicted molar refractivity (Wildman–Crippen MR) is 156 cm³/mol. The molecule has 2 aromatic carbocycles. The van der Waals surface area contributed by atoms with Crippen LogP contribution in [0.4, 0.5) is 13.2 Å². The zero-order chi connectivity index (χ0) is 30.4. The third-order valence-electron chi connectivity index (χ3n) is 7.62. The Bertz CT molecular complexity index is 1770. The highest BCUT2D eigenvalue weighted by molar-refractivity contribution is 6.36. The molecule has 7 nitrogen and oxygen atoms in total. The van der Waals surface area contributed by atoms with E-state index in [0.717, 1.165) is 40.3 Å². The summed E-state index contributed by atoms with van der Waals surface area (Å²) in [5, 5.41) is 9.52. The van der Waals surface area contributed by atoms with E-state index in [0.29, 0.717) is 32.9 Å². The lowest BCUT2D eigenvalue weighted by molar-refractivity contribution is -0.137. The average molecular weight is 595 g/mol. The Morgan fingerprint density at radius 1 is 0.952 bits per heavy atom. The lowest BCUT2D eigenvalue weighted by atomic mass is 9.77. The molecule has 0 amide bonds. The summed E-state index contributed by atoms with van der Waals surface area (Å²) < 4.78 is 46.7. The molecule has 0 N–H and O–H groups in total. The fraction of sp³-hybridized carbons (Fsp3) is 0.290. The number of nitrogens with zero attached hydrogens (tertiary/aromatic N) is 6. The summed E-state index contributed by atoms with van der Waals surface area (Å²) in [7, 11) is 7.32. The van der Waals surface area contributed by atoms with Crippen LogP contribution in [0.3, 0.4) is 0 Å². The number of alkyl halides is 3. The number of rotatable bonds is 7. The molecule has 3 heterocycles. The van der Waals surface area contributed by atoms with Crippen LogP contribution < -0.4 is 4.74 Å². The van der Waals surface area contributed by atoms with Crippen molar-refractivity contribution < 1.29 is 17.9 Å². The second-order valence-corrected chi connectivity index (χ2v) is 10.8. The van der Waals surface area contributed by atoms with Gasteiger partial charge in [-0.15, -0.1) is 5.10 Å². The van der Waals surface area contributed by atoms with Gasteiger partial charge >= 0.3 is 6.18 Å². The maximum Gasteiger partial charge on any atom is 0.416 e. The highest BCUT2D eigenvalue weighted by Gasteiger charge is 2.43. The predicted octanol–water partition coefficient (Wildman–Crippen LogP) is 6.50. The smallest absolute Gasteiger partial charge is 0.416 e. The molecule has 3 aromatic heterocycles. The largest absolute Gasteiger partial charge is 0.481 e. The SMILES string of the molecule is COc1nc2ccc(C(c3ccc(C)nc3C)(c3cnnn3C)N(C)C)cc2c(Cl)c1Cc1ccc(C(F)(F)F)cc1. The number of fused-ring (bicyclic) bond motifs is 1. The first-order valence-corrected chi connectivity index (χ1v) is 13.6. The maximum absolute atomic E-state index is 13.1. The Labute approximate surface area is 246 Å². The fourth-order valence-electron chi connectivity index (χ4n) is 5.66. The summed E-state index contributed by atoms with van der Waals surface area (Å²) in [5.41, 5.74) is 4.68. The standard InChI is InChI=1S/C31H30ClF3N6O/c1-18-7-13-25(19(2)37-18)30(40(3)4,27-17-36-39-41(27)5)22-12-14-26-23(16-22)28(32)24(29(38-26)42-6)15-20-8-10-21(11-9-20)31(33,34)35/h7-14,16-17H,15H2,1-6H3. The van der Waals surface area contributed by atoms with Crippen LogP contribution >= 0.6 is 11.6 Å². The summed E-state index contributed by atoms with van der Waals surface area (Å²) in [5.74, 6) is 0.313. The third-order valence-corrected chi connectivity index (χ3v) is 8.05. The second-order valence-electron chi connectivity index (χ2n) is 10.5. The van der Waals surface area contributed by atoms with Gasteiger partial charge in [0.05, 0.1) is 35.1 Å². The van der Waals surface area contributed by atoms with E-state index in [1.165, 1.54) is 19.2 Å². The van der Waals surface area contributed by atoms with Crippen LogP contribution in [0, 0.1) is 13.8 Å². The number of methoxy groups -OCH3 is 1. The van der Waals surface area contributed by atoms with Gasteiger partial charge in [0.1, 0.15) is 5.54 Å². The number of ether oxygens (including phenoxy) is 1. The first-order valence-electron chi connectivity index (χ1n) is 13.2. The molecule has 0 fully saturated rings. The van der Waals surface area contributed by atoms with Crippen molar-refractivity contribution in [2.75, 3.05) is 21.2 Å². The number of halogens is 4. The number of pyridine rings is 2. The quantitative estimate of drug-likeness (QED) is 0.214. The van der Waals surface area contributed by atoms with Crippen molar-refractivity contribution >= 4 is 22.5 Å². The van der Waals surface area contributed by atoms with Crippen molar-refractivity contribution in [1.82, 2.24) is 29.9 Å². The number of hydrogen-bond acceptors (Lipinski definition) is 6. The first kappa shape index (κ1) is 29.5. The Balaban J connectivity index is 1.73. The van der Waals surface area contributed by atoms with Gasteiger partial charge < -0.3 is 4.74 Å². The van der Waals surface area contributed by atoms with Crippen LogP contribution in [-0.2, 0) is 25.2 Å². The summed E-state index contributed by atoms with van der Waals surface area (Å²) in [4.78, 5) is 11.6. The fourth-order valence-corrected chi connectivity index (χ4v) is 5.96. The minimum atomic E-state index is -4.41. The normalized spacial score (nSPS) is 13.5. The lowest BCUT2D eigenvalue weighted by Gasteiger charge is -2.41. The van der Waals surface area contributed by atoms with Crippen LogP contribution in [-0.4, -0.2) is 51.1 Å². The van der Waals surface area contributed by atoms with Crippen molar-refractivity contribution in [2.24, 2.45) is 7.05 Å². The maximum atomic E-state index is 13.1. The molecule has 0 saturated heterocycles. The molecule has 0 aliphatic rings. The number of hydrogen-bond donors (Lipinski definition) is 0. The molecule has 218 valence electrons. The molecule has 42 heavy (non-hydrogen) atoms. The van der Waals surface area contributed by atoms with E-state index in [4.69, 9.17) is 26.3 Å². The van der Waals surface area contributed by atoms with Gasteiger partial charge in [0.15, 0.2) is 0 Å². The monoisotopic (exact) mass is 594 g/mol. The molecule has 5 aromatic rings. The van der Waals surface area contributed by atoms with Gasteiger partial charge in [0, 0.05) is 41.4 Å². The molecule has 1 atom stereocenters. The van der Waals surface area contributed by atoms with E-state index in [9.17, 15) is 13.2 Å². The highest BCUT2D eigenvalue weighted by Crippen LogP contribution is 2.44. The minimum Gasteiger partial charge on any atom is -0.481 e. The zero-order valence-corrected chi connectivity index (χ0v) is 24.8. The number of aromatic nitrogens is 5. The molecule has 11 heteroatoms. The molecule has 5 rings (SSSR count). The molecule has 0 radical (unpaired) electrons. The Kier molecular flexibility index (Phi) is 7.72. The molecular formula is C31H30ClF3N6O. The van der Waals surface area contributed by atoms with Crippen molar-refractivity contribution in [2.45, 2.75) is 32.0 Å². The van der Waals surface area contributed by atoms with Crippen molar-refractivity contribution in [1.29, 1.82) is 0 Å². The number of aryl methyl sites for hydroxylation is 3. The third kappa shape index (κ3) is 4.98. The van der Waals surface area contributed by atoms with E-state index in [1.807, 2.05) is 59.3 Å². The highest BCUT2D eigenvalue weighted by atomic mass is 35.5. The van der Waals surface area contributed by atoms with Gasteiger partial charge in [-0.25, -0.2) is 9.67 Å². The first-order chi connectivity index (χ1) is 19.9. The Morgan fingerprint density at radius 3 is 2.21 bits per heavy atom. The van der Waals surface area contributed by atoms with Crippen molar-refractivity contribution in [3.05, 3.63) is 111 Å². The van der Waals surface area contributed by atoms with E-state index < -0.39 is 17.3 Å². The zero-order valence-electron chi connectivity index (χ0n) is 24.1. The van der Waals surface area contributed by atoms with Crippen LogP contribution in [0.15, 0.2) is 60.8 Å². The minimum absolute atomic E-state index is 0.235.